The highest BCUT2D eigenvalue weighted by molar-refractivity contribution is 7.80. The summed E-state index contributed by atoms with van der Waals surface area (Å²) in [6, 6.07) is 4.46. The number of carbonyl (C=O) groups excluding carboxylic acids is 2. The minimum absolute atomic E-state index is 0.107. The first kappa shape index (κ1) is 20.5. The van der Waals surface area contributed by atoms with Gasteiger partial charge in [-0.3, -0.25) is 9.69 Å². The number of hydrogen-bond acceptors (Lipinski definition) is 5. The topological polar surface area (TPSA) is 70.7 Å². The molecule has 2 aliphatic rings. The van der Waals surface area contributed by atoms with Crippen molar-refractivity contribution in [1.29, 1.82) is 0 Å². The fourth-order valence-electron chi connectivity index (χ4n) is 3.34. The SMILES string of the molecule is O=C1CC(c2ccc(N3C[C@H](CNCC(=S)C(F)F)OC3=O)cc2F)CCN1. The first-order valence-corrected chi connectivity index (χ1v) is 9.32. The third kappa shape index (κ3) is 4.79. The lowest BCUT2D eigenvalue weighted by atomic mass is 9.89. The van der Waals surface area contributed by atoms with Crippen LogP contribution in [0.4, 0.5) is 23.7 Å². The molecule has 0 saturated carbocycles. The van der Waals surface area contributed by atoms with Crippen LogP contribution in [0.15, 0.2) is 18.2 Å². The van der Waals surface area contributed by atoms with Crippen LogP contribution < -0.4 is 15.5 Å². The fraction of sp³-hybridized carbons (Fsp3) is 0.500. The van der Waals surface area contributed by atoms with Gasteiger partial charge >= 0.3 is 6.09 Å². The summed E-state index contributed by atoms with van der Waals surface area (Å²) in [5.41, 5.74) is 0.794. The number of ether oxygens (including phenoxy) is 1. The third-order valence-electron chi connectivity index (χ3n) is 4.77. The highest BCUT2D eigenvalue weighted by Gasteiger charge is 2.33. The fourth-order valence-corrected chi connectivity index (χ4v) is 3.44. The molecule has 1 aromatic carbocycles. The quantitative estimate of drug-likeness (QED) is 0.670. The summed E-state index contributed by atoms with van der Waals surface area (Å²) >= 11 is 4.53. The molecule has 10 heteroatoms. The number of piperidine rings is 1. The van der Waals surface area contributed by atoms with E-state index in [-0.39, 0.29) is 37.9 Å². The average molecular weight is 415 g/mol. The summed E-state index contributed by atoms with van der Waals surface area (Å²) in [5.74, 6) is -0.776. The van der Waals surface area contributed by atoms with Crippen LogP contribution in [0.3, 0.4) is 0 Å². The Morgan fingerprint density at radius 3 is 2.86 bits per heavy atom. The van der Waals surface area contributed by atoms with Crippen molar-refractivity contribution in [3.8, 4) is 0 Å². The van der Waals surface area contributed by atoms with E-state index in [0.29, 0.717) is 24.2 Å². The van der Waals surface area contributed by atoms with Crippen LogP contribution in [0.25, 0.3) is 0 Å². The van der Waals surface area contributed by atoms with Gasteiger partial charge in [0.25, 0.3) is 6.43 Å². The Morgan fingerprint density at radius 2 is 2.18 bits per heavy atom. The standard InChI is InChI=1S/C18H20F3N3O3S/c19-14-6-11(1-2-13(14)10-3-4-23-16(25)5-10)24-9-12(27-18(24)26)7-22-8-15(28)17(20)21/h1-2,6,10,12,17,22H,3-5,7-9H2,(H,23,25)/t10?,12-/m0/s1. The van der Waals surface area contributed by atoms with E-state index in [0.717, 1.165) is 0 Å². The van der Waals surface area contributed by atoms with Crippen molar-refractivity contribution in [2.24, 2.45) is 0 Å². The molecule has 2 saturated heterocycles. The van der Waals surface area contributed by atoms with Crippen LogP contribution >= 0.6 is 12.2 Å². The molecular weight excluding hydrogens is 395 g/mol. The van der Waals surface area contributed by atoms with E-state index < -0.39 is 29.3 Å². The van der Waals surface area contributed by atoms with E-state index >= 15 is 0 Å². The zero-order valence-corrected chi connectivity index (χ0v) is 15.7. The number of alkyl halides is 2. The maximum absolute atomic E-state index is 14.6. The van der Waals surface area contributed by atoms with Gasteiger partial charge in [-0.05, 0) is 30.0 Å². The highest BCUT2D eigenvalue weighted by atomic mass is 32.1. The molecule has 2 aliphatic heterocycles. The second-order valence-corrected chi connectivity index (χ2v) is 7.28. The number of amides is 2. The molecule has 0 spiro atoms. The first-order chi connectivity index (χ1) is 13.3. The molecule has 0 aromatic heterocycles. The summed E-state index contributed by atoms with van der Waals surface area (Å²) in [4.78, 5) is 24.5. The Balaban J connectivity index is 1.60. The molecule has 152 valence electrons. The molecule has 1 aromatic rings. The largest absolute Gasteiger partial charge is 0.443 e. The lowest BCUT2D eigenvalue weighted by Gasteiger charge is -2.23. The van der Waals surface area contributed by atoms with Gasteiger partial charge in [0.1, 0.15) is 11.9 Å². The first-order valence-electron chi connectivity index (χ1n) is 8.91. The Kier molecular flexibility index (Phi) is 6.50. The maximum atomic E-state index is 14.6. The van der Waals surface area contributed by atoms with Gasteiger partial charge in [-0.15, -0.1) is 0 Å². The Labute approximate surface area is 165 Å². The molecule has 0 bridgehead atoms. The van der Waals surface area contributed by atoms with E-state index in [4.69, 9.17) is 4.74 Å². The maximum Gasteiger partial charge on any atom is 0.414 e. The zero-order valence-electron chi connectivity index (χ0n) is 14.9. The Morgan fingerprint density at radius 1 is 1.39 bits per heavy atom. The number of hydrogen-bond donors (Lipinski definition) is 2. The number of benzene rings is 1. The number of nitrogens with one attached hydrogen (secondary N) is 2. The summed E-state index contributed by atoms with van der Waals surface area (Å²) in [6.07, 6.45) is -2.98. The Hall–Kier alpha value is -2.20. The third-order valence-corrected chi connectivity index (χ3v) is 5.09. The minimum atomic E-state index is -2.68. The molecule has 2 atom stereocenters. The lowest BCUT2D eigenvalue weighted by molar-refractivity contribution is -0.122. The van der Waals surface area contributed by atoms with Gasteiger partial charge < -0.3 is 15.4 Å². The molecular formula is C18H20F3N3O3S. The van der Waals surface area contributed by atoms with E-state index in [1.54, 1.807) is 12.1 Å². The Bertz CT molecular complexity index is 778. The lowest BCUT2D eigenvalue weighted by Crippen LogP contribution is -2.35. The molecule has 2 amide bonds. The van der Waals surface area contributed by atoms with E-state index in [1.165, 1.54) is 11.0 Å². The number of nitrogens with zero attached hydrogens (tertiary/aromatic N) is 1. The van der Waals surface area contributed by atoms with Crippen LogP contribution in [0.1, 0.15) is 24.3 Å². The normalized spacial score (nSPS) is 22.4. The van der Waals surface area contributed by atoms with Crippen molar-refractivity contribution < 1.29 is 27.5 Å². The molecule has 0 radical (unpaired) electrons. The van der Waals surface area contributed by atoms with Crippen LogP contribution in [0, 0.1) is 5.82 Å². The number of rotatable bonds is 7. The van der Waals surface area contributed by atoms with Gasteiger partial charge in [-0.25, -0.2) is 18.0 Å². The predicted molar refractivity (Wildman–Crippen MR) is 100 cm³/mol. The van der Waals surface area contributed by atoms with Gasteiger partial charge in [0.05, 0.1) is 17.1 Å². The molecule has 3 rings (SSSR count). The van der Waals surface area contributed by atoms with Gasteiger partial charge in [-0.1, -0.05) is 18.3 Å². The van der Waals surface area contributed by atoms with Gasteiger partial charge in [-0.2, -0.15) is 0 Å². The summed E-state index contributed by atoms with van der Waals surface area (Å²) in [6.45, 7) is 0.677. The van der Waals surface area contributed by atoms with Crippen molar-refractivity contribution >= 4 is 34.8 Å². The second-order valence-electron chi connectivity index (χ2n) is 6.76. The van der Waals surface area contributed by atoms with Gasteiger partial charge in [0.2, 0.25) is 5.91 Å². The van der Waals surface area contributed by atoms with Gasteiger partial charge in [0, 0.05) is 26.1 Å². The number of cyclic esters (lactones) is 1. The van der Waals surface area contributed by atoms with Crippen molar-refractivity contribution in [1.82, 2.24) is 10.6 Å². The molecule has 28 heavy (non-hydrogen) atoms. The smallest absolute Gasteiger partial charge is 0.414 e. The van der Waals surface area contributed by atoms with Crippen molar-refractivity contribution in [2.45, 2.75) is 31.3 Å². The molecule has 1 unspecified atom stereocenters. The number of carbonyl (C=O) groups is 2. The van der Waals surface area contributed by atoms with Crippen molar-refractivity contribution in [2.75, 3.05) is 31.1 Å². The van der Waals surface area contributed by atoms with E-state index in [1.807, 2.05) is 0 Å². The summed E-state index contributed by atoms with van der Waals surface area (Å²) < 4.78 is 44.5. The molecule has 6 nitrogen and oxygen atoms in total. The summed E-state index contributed by atoms with van der Waals surface area (Å²) in [5, 5.41) is 5.44. The average Bonchev–Trinajstić information content (AvgIpc) is 3.02. The van der Waals surface area contributed by atoms with Gasteiger partial charge in [0.15, 0.2) is 0 Å². The minimum Gasteiger partial charge on any atom is -0.443 e. The van der Waals surface area contributed by atoms with E-state index in [2.05, 4.69) is 22.9 Å². The molecule has 2 N–H and O–H groups in total. The summed E-state index contributed by atoms with van der Waals surface area (Å²) in [7, 11) is 0. The molecule has 0 aliphatic carbocycles. The monoisotopic (exact) mass is 415 g/mol. The van der Waals surface area contributed by atoms with Crippen molar-refractivity contribution in [3.05, 3.63) is 29.6 Å². The van der Waals surface area contributed by atoms with Crippen LogP contribution in [-0.4, -0.2) is 55.6 Å². The number of thiocarbonyl (C=S) groups is 1. The predicted octanol–water partition coefficient (Wildman–Crippen LogP) is 2.37. The molecule has 2 heterocycles. The van der Waals surface area contributed by atoms with Crippen LogP contribution in [0.2, 0.25) is 0 Å². The van der Waals surface area contributed by atoms with Crippen LogP contribution in [0.5, 0.6) is 0 Å². The van der Waals surface area contributed by atoms with E-state index in [9.17, 15) is 22.8 Å². The van der Waals surface area contributed by atoms with Crippen LogP contribution in [-0.2, 0) is 9.53 Å². The molecule has 2 fully saturated rings. The number of anilines is 1. The van der Waals surface area contributed by atoms with Crippen molar-refractivity contribution in [3.63, 3.8) is 0 Å². The zero-order chi connectivity index (χ0) is 20.3. The second kappa shape index (κ2) is 8.87. The number of halogens is 3. The highest BCUT2D eigenvalue weighted by Crippen LogP contribution is 2.31.